The highest BCUT2D eigenvalue weighted by Crippen LogP contribution is 2.43. The number of carboxylic acids is 2. The summed E-state index contributed by atoms with van der Waals surface area (Å²) in [5.41, 5.74) is 4.47. The lowest BCUT2D eigenvalue weighted by atomic mass is 9.75. The molecular formula is C35H40N2O7. The van der Waals surface area contributed by atoms with Gasteiger partial charge in [0, 0.05) is 44.6 Å². The van der Waals surface area contributed by atoms with Crippen molar-refractivity contribution in [3.63, 3.8) is 0 Å². The number of hydrogen-bond acceptors (Lipinski definition) is 6. The van der Waals surface area contributed by atoms with Gasteiger partial charge in [0.05, 0.1) is 12.7 Å². The SMILES string of the molecule is CN1CCN(C(=O)c2cc(OC3CC(c4cccc(OCCCC(=O)O)c4CCC(=O)O)C3)cc(-c3ccccc3)c2)CC1. The van der Waals surface area contributed by atoms with Crippen LogP contribution < -0.4 is 9.47 Å². The summed E-state index contributed by atoms with van der Waals surface area (Å²) in [4.78, 5) is 39.9. The lowest BCUT2D eigenvalue weighted by Crippen LogP contribution is -2.47. The van der Waals surface area contributed by atoms with Gasteiger partial charge in [0.2, 0.25) is 0 Å². The van der Waals surface area contributed by atoms with Crippen LogP contribution in [0.15, 0.2) is 66.7 Å². The first-order valence-electron chi connectivity index (χ1n) is 15.3. The molecule has 3 aromatic rings. The van der Waals surface area contributed by atoms with Crippen LogP contribution in [0.25, 0.3) is 11.1 Å². The number of benzene rings is 3. The van der Waals surface area contributed by atoms with E-state index in [0.29, 0.717) is 43.0 Å². The van der Waals surface area contributed by atoms with Gasteiger partial charge < -0.3 is 29.5 Å². The largest absolute Gasteiger partial charge is 0.493 e. The average molecular weight is 601 g/mol. The van der Waals surface area contributed by atoms with Crippen molar-refractivity contribution in [2.45, 2.75) is 50.5 Å². The maximum absolute atomic E-state index is 13.5. The molecule has 1 saturated heterocycles. The number of rotatable bonds is 13. The van der Waals surface area contributed by atoms with Gasteiger partial charge in [-0.25, -0.2) is 0 Å². The third kappa shape index (κ3) is 7.96. The molecule has 1 aliphatic carbocycles. The van der Waals surface area contributed by atoms with Gasteiger partial charge in [-0.15, -0.1) is 0 Å². The van der Waals surface area contributed by atoms with Crippen molar-refractivity contribution in [3.05, 3.63) is 83.4 Å². The Hall–Kier alpha value is -4.37. The minimum atomic E-state index is -0.883. The van der Waals surface area contributed by atoms with E-state index in [2.05, 4.69) is 11.9 Å². The molecule has 1 saturated carbocycles. The van der Waals surface area contributed by atoms with Crippen LogP contribution in [0.5, 0.6) is 11.5 Å². The minimum absolute atomic E-state index is 0.00968. The second-order valence-corrected chi connectivity index (χ2v) is 11.7. The van der Waals surface area contributed by atoms with Gasteiger partial charge in [0.15, 0.2) is 0 Å². The van der Waals surface area contributed by atoms with Crippen molar-refractivity contribution < 1.29 is 34.1 Å². The molecule has 2 aliphatic rings. The van der Waals surface area contributed by atoms with E-state index in [4.69, 9.17) is 14.6 Å². The number of likely N-dealkylation sites (N-methyl/N-ethyl adjacent to an activating group) is 1. The number of ether oxygens (including phenoxy) is 2. The molecule has 9 heteroatoms. The maximum Gasteiger partial charge on any atom is 0.303 e. The summed E-state index contributed by atoms with van der Waals surface area (Å²) in [6.07, 6.45) is 2.15. The van der Waals surface area contributed by atoms with Crippen LogP contribution in [0, 0.1) is 0 Å². The van der Waals surface area contributed by atoms with Crippen molar-refractivity contribution in [2.75, 3.05) is 39.8 Å². The molecule has 0 aromatic heterocycles. The molecule has 1 heterocycles. The molecule has 0 atom stereocenters. The predicted octanol–water partition coefficient (Wildman–Crippen LogP) is 5.33. The van der Waals surface area contributed by atoms with E-state index >= 15 is 0 Å². The van der Waals surface area contributed by atoms with Crippen LogP contribution in [-0.2, 0) is 16.0 Å². The number of carbonyl (C=O) groups is 3. The number of piperazine rings is 1. The molecule has 3 aromatic carbocycles. The van der Waals surface area contributed by atoms with Crippen molar-refractivity contribution in [1.29, 1.82) is 0 Å². The molecule has 232 valence electrons. The monoisotopic (exact) mass is 600 g/mol. The number of carboxylic acid groups (broad SMARTS) is 2. The Bertz CT molecular complexity index is 1460. The van der Waals surface area contributed by atoms with Crippen LogP contribution in [0.2, 0.25) is 0 Å². The minimum Gasteiger partial charge on any atom is -0.493 e. The van der Waals surface area contributed by atoms with E-state index in [1.807, 2.05) is 71.6 Å². The van der Waals surface area contributed by atoms with Crippen LogP contribution in [0.4, 0.5) is 0 Å². The van der Waals surface area contributed by atoms with E-state index in [1.54, 1.807) is 0 Å². The average Bonchev–Trinajstić information content (AvgIpc) is 3.00. The van der Waals surface area contributed by atoms with Gasteiger partial charge in [-0.2, -0.15) is 0 Å². The molecule has 1 aliphatic heterocycles. The van der Waals surface area contributed by atoms with Gasteiger partial charge in [-0.1, -0.05) is 42.5 Å². The standard InChI is InChI=1S/C35H40N2O7/c1-36-14-16-37(17-15-36)35(42)27-19-25(24-7-3-2-4-8-24)20-28(23-27)44-29-21-26(22-29)30-9-5-10-32(31(30)12-13-34(40)41)43-18-6-11-33(38)39/h2-5,7-10,19-20,23,26,29H,6,11-18,21-22H2,1H3,(H,38,39)(H,40,41). The second kappa shape index (κ2) is 14.4. The number of amides is 1. The summed E-state index contributed by atoms with van der Waals surface area (Å²) >= 11 is 0. The lowest BCUT2D eigenvalue weighted by Gasteiger charge is -2.37. The molecule has 44 heavy (non-hydrogen) atoms. The summed E-state index contributed by atoms with van der Waals surface area (Å²) in [5, 5.41) is 18.3. The molecule has 0 spiro atoms. The van der Waals surface area contributed by atoms with Crippen molar-refractivity contribution in [3.8, 4) is 22.6 Å². The quantitative estimate of drug-likeness (QED) is 0.253. The molecular weight excluding hydrogens is 560 g/mol. The Morgan fingerprint density at radius 3 is 2.27 bits per heavy atom. The predicted molar refractivity (Wildman–Crippen MR) is 166 cm³/mol. The molecule has 1 amide bonds. The van der Waals surface area contributed by atoms with Crippen LogP contribution >= 0.6 is 0 Å². The topological polar surface area (TPSA) is 117 Å². The summed E-state index contributed by atoms with van der Waals surface area (Å²) in [7, 11) is 2.07. The highest BCUT2D eigenvalue weighted by atomic mass is 16.5. The van der Waals surface area contributed by atoms with Crippen LogP contribution in [-0.4, -0.2) is 83.8 Å². The van der Waals surface area contributed by atoms with Gasteiger partial charge >= 0.3 is 11.9 Å². The summed E-state index contributed by atoms with van der Waals surface area (Å²) in [6, 6.07) is 21.5. The normalized spacial score (nSPS) is 18.3. The van der Waals surface area contributed by atoms with E-state index in [1.165, 1.54) is 0 Å². The van der Waals surface area contributed by atoms with E-state index in [9.17, 15) is 19.5 Å². The van der Waals surface area contributed by atoms with Crippen molar-refractivity contribution >= 4 is 17.8 Å². The number of carbonyl (C=O) groups excluding carboxylic acids is 1. The van der Waals surface area contributed by atoms with E-state index < -0.39 is 11.9 Å². The first kappa shape index (κ1) is 31.1. The fourth-order valence-corrected chi connectivity index (χ4v) is 5.89. The Balaban J connectivity index is 1.31. The molecule has 2 N–H and O–H groups in total. The zero-order chi connectivity index (χ0) is 31.1. The lowest BCUT2D eigenvalue weighted by molar-refractivity contribution is -0.138. The Morgan fingerprint density at radius 2 is 1.57 bits per heavy atom. The molecule has 0 bridgehead atoms. The smallest absolute Gasteiger partial charge is 0.303 e. The molecule has 0 radical (unpaired) electrons. The number of hydrogen-bond donors (Lipinski definition) is 2. The van der Waals surface area contributed by atoms with Crippen molar-refractivity contribution in [1.82, 2.24) is 9.80 Å². The Kier molecular flexibility index (Phi) is 10.2. The highest BCUT2D eigenvalue weighted by molar-refractivity contribution is 5.96. The van der Waals surface area contributed by atoms with Gasteiger partial charge in [-0.05, 0) is 85.2 Å². The van der Waals surface area contributed by atoms with Gasteiger partial charge in [0.1, 0.15) is 11.5 Å². The zero-order valence-corrected chi connectivity index (χ0v) is 25.1. The third-order valence-electron chi connectivity index (χ3n) is 8.44. The summed E-state index contributed by atoms with van der Waals surface area (Å²) in [5.74, 6) is -0.300. The fourth-order valence-electron chi connectivity index (χ4n) is 5.89. The number of nitrogens with zero attached hydrogens (tertiary/aromatic N) is 2. The Morgan fingerprint density at radius 1 is 0.841 bits per heavy atom. The summed E-state index contributed by atoms with van der Waals surface area (Å²) in [6.45, 7) is 3.33. The fraction of sp³-hybridized carbons (Fsp3) is 0.400. The molecule has 9 nitrogen and oxygen atoms in total. The second-order valence-electron chi connectivity index (χ2n) is 11.7. The maximum atomic E-state index is 13.5. The summed E-state index contributed by atoms with van der Waals surface area (Å²) < 4.78 is 12.4. The zero-order valence-electron chi connectivity index (χ0n) is 25.1. The molecule has 5 rings (SSSR count). The van der Waals surface area contributed by atoms with Crippen LogP contribution in [0.3, 0.4) is 0 Å². The number of aliphatic carboxylic acids is 2. The molecule has 0 unspecified atom stereocenters. The van der Waals surface area contributed by atoms with Crippen LogP contribution in [0.1, 0.15) is 59.5 Å². The van der Waals surface area contributed by atoms with Gasteiger partial charge in [0.25, 0.3) is 5.91 Å². The first-order valence-corrected chi connectivity index (χ1v) is 15.3. The Labute approximate surface area is 258 Å². The highest BCUT2D eigenvalue weighted by Gasteiger charge is 2.34. The van der Waals surface area contributed by atoms with Crippen molar-refractivity contribution in [2.24, 2.45) is 0 Å². The molecule has 2 fully saturated rings. The third-order valence-corrected chi connectivity index (χ3v) is 8.44. The van der Waals surface area contributed by atoms with E-state index in [-0.39, 0.29) is 37.4 Å². The first-order chi connectivity index (χ1) is 21.3. The van der Waals surface area contributed by atoms with Gasteiger partial charge in [-0.3, -0.25) is 14.4 Å². The van der Waals surface area contributed by atoms with E-state index in [0.717, 1.165) is 48.2 Å².